The molecule has 4 nitrogen and oxygen atoms in total. The van der Waals surface area contributed by atoms with Gasteiger partial charge in [0.15, 0.2) is 0 Å². The van der Waals surface area contributed by atoms with E-state index in [1.165, 1.54) is 24.5 Å². The molecule has 0 aliphatic heterocycles. The predicted octanol–water partition coefficient (Wildman–Crippen LogP) is 1.56. The smallest absolute Gasteiger partial charge is 0.323 e. The third kappa shape index (κ3) is 2.71. The molecule has 1 N–H and O–H groups in total. The van der Waals surface area contributed by atoms with Crippen LogP contribution in [0.2, 0.25) is 5.02 Å². The molecule has 0 atom stereocenters. The van der Waals surface area contributed by atoms with E-state index in [0.717, 1.165) is 4.90 Å². The molecule has 0 aliphatic carbocycles. The number of rotatable bonds is 3. The van der Waals surface area contributed by atoms with Crippen molar-refractivity contribution in [3.63, 3.8) is 0 Å². The van der Waals surface area contributed by atoms with Crippen LogP contribution in [0.5, 0.6) is 0 Å². The Morgan fingerprint density at radius 2 is 2.29 bits per heavy atom. The number of carboxylic acids is 1. The maximum Gasteiger partial charge on any atom is 0.323 e. The molecule has 0 radical (unpaired) electrons. The highest BCUT2D eigenvalue weighted by molar-refractivity contribution is 7.12. The second-order valence-electron chi connectivity index (χ2n) is 2.68. The summed E-state index contributed by atoms with van der Waals surface area (Å²) < 4.78 is 0. The van der Waals surface area contributed by atoms with E-state index in [2.05, 4.69) is 0 Å². The zero-order valence-electron chi connectivity index (χ0n) is 7.36. The first-order valence-corrected chi connectivity index (χ1v) is 4.97. The summed E-state index contributed by atoms with van der Waals surface area (Å²) >= 11 is 6.84. The van der Waals surface area contributed by atoms with Gasteiger partial charge in [-0.2, -0.15) is 0 Å². The Bertz CT molecular complexity index is 363. The van der Waals surface area contributed by atoms with Crippen LogP contribution in [-0.2, 0) is 4.79 Å². The molecule has 14 heavy (non-hydrogen) atoms. The standard InChI is InChI=1S/C8H8ClNO3S/c1-10(3-7(11)12)8(13)6-2-5(9)4-14-6/h2,4H,3H2,1H3,(H,11,12). The summed E-state index contributed by atoms with van der Waals surface area (Å²) in [6.07, 6.45) is 0. The fourth-order valence-electron chi connectivity index (χ4n) is 0.888. The van der Waals surface area contributed by atoms with Crippen LogP contribution in [0.4, 0.5) is 0 Å². The fourth-order valence-corrected chi connectivity index (χ4v) is 1.95. The lowest BCUT2D eigenvalue weighted by Gasteiger charge is -2.12. The van der Waals surface area contributed by atoms with Crippen LogP contribution < -0.4 is 0 Å². The van der Waals surface area contributed by atoms with Crippen molar-refractivity contribution in [2.75, 3.05) is 13.6 Å². The summed E-state index contributed by atoms with van der Waals surface area (Å²) in [5.74, 6) is -1.37. The lowest BCUT2D eigenvalue weighted by atomic mass is 10.4. The Labute approximate surface area is 89.7 Å². The number of amides is 1. The number of carboxylic acid groups (broad SMARTS) is 1. The van der Waals surface area contributed by atoms with E-state index in [-0.39, 0.29) is 12.5 Å². The number of thiophene rings is 1. The van der Waals surface area contributed by atoms with Gasteiger partial charge in [0, 0.05) is 12.4 Å². The van der Waals surface area contributed by atoms with Gasteiger partial charge in [0.05, 0.1) is 9.90 Å². The van der Waals surface area contributed by atoms with Crippen molar-refractivity contribution in [3.8, 4) is 0 Å². The summed E-state index contributed by atoms with van der Waals surface area (Å²) in [5, 5.41) is 10.6. The lowest BCUT2D eigenvalue weighted by Crippen LogP contribution is -2.31. The Balaban J connectivity index is 2.70. The molecule has 1 aromatic rings. The summed E-state index contributed by atoms with van der Waals surface area (Å²) in [5.41, 5.74) is 0. The minimum Gasteiger partial charge on any atom is -0.480 e. The molecule has 1 amide bonds. The Hall–Kier alpha value is -1.07. The molecule has 76 valence electrons. The van der Waals surface area contributed by atoms with Crippen molar-refractivity contribution in [1.29, 1.82) is 0 Å². The molecule has 0 fully saturated rings. The van der Waals surface area contributed by atoms with E-state index in [0.29, 0.717) is 9.90 Å². The summed E-state index contributed by atoms with van der Waals surface area (Å²) in [6, 6.07) is 1.52. The number of nitrogens with zero attached hydrogens (tertiary/aromatic N) is 1. The molecular weight excluding hydrogens is 226 g/mol. The van der Waals surface area contributed by atoms with Gasteiger partial charge in [0.2, 0.25) is 0 Å². The molecule has 0 saturated carbocycles. The highest BCUT2D eigenvalue weighted by atomic mass is 35.5. The van der Waals surface area contributed by atoms with Gasteiger partial charge in [-0.1, -0.05) is 11.6 Å². The Kier molecular flexibility index (Phi) is 3.49. The molecule has 0 spiro atoms. The van der Waals surface area contributed by atoms with Gasteiger partial charge < -0.3 is 10.0 Å². The van der Waals surface area contributed by atoms with Crippen LogP contribution in [-0.4, -0.2) is 35.5 Å². The van der Waals surface area contributed by atoms with Gasteiger partial charge in [-0.05, 0) is 6.07 Å². The maximum atomic E-state index is 11.5. The van der Waals surface area contributed by atoms with Crippen LogP contribution in [0, 0.1) is 0 Å². The van der Waals surface area contributed by atoms with Crippen LogP contribution in [0.3, 0.4) is 0 Å². The summed E-state index contributed by atoms with van der Waals surface area (Å²) in [6.45, 7) is -0.311. The molecule has 0 bridgehead atoms. The van der Waals surface area contributed by atoms with Gasteiger partial charge in [-0.3, -0.25) is 9.59 Å². The minimum absolute atomic E-state index is 0.311. The first-order valence-electron chi connectivity index (χ1n) is 3.72. The van der Waals surface area contributed by atoms with Crippen LogP contribution in [0.1, 0.15) is 9.67 Å². The SMILES string of the molecule is CN(CC(=O)O)C(=O)c1cc(Cl)cs1. The quantitative estimate of drug-likeness (QED) is 0.862. The fraction of sp³-hybridized carbons (Fsp3) is 0.250. The largest absolute Gasteiger partial charge is 0.480 e. The highest BCUT2D eigenvalue weighted by Crippen LogP contribution is 2.20. The van der Waals surface area contributed by atoms with Gasteiger partial charge >= 0.3 is 5.97 Å². The molecule has 0 unspecified atom stereocenters. The van der Waals surface area contributed by atoms with Crippen LogP contribution in [0.15, 0.2) is 11.4 Å². The zero-order chi connectivity index (χ0) is 10.7. The van der Waals surface area contributed by atoms with Crippen molar-refractivity contribution < 1.29 is 14.7 Å². The van der Waals surface area contributed by atoms with Gasteiger partial charge in [0.25, 0.3) is 5.91 Å². The average molecular weight is 234 g/mol. The minimum atomic E-state index is -1.04. The molecule has 0 aromatic carbocycles. The number of hydrogen-bond acceptors (Lipinski definition) is 3. The third-order valence-corrected chi connectivity index (χ3v) is 2.76. The average Bonchev–Trinajstić information content (AvgIpc) is 2.49. The molecular formula is C8H8ClNO3S. The van der Waals surface area contributed by atoms with E-state index < -0.39 is 5.97 Å². The van der Waals surface area contributed by atoms with Crippen molar-refractivity contribution in [2.24, 2.45) is 0 Å². The summed E-state index contributed by atoms with van der Waals surface area (Å²) in [4.78, 5) is 23.4. The van der Waals surface area contributed by atoms with Gasteiger partial charge in [-0.15, -0.1) is 11.3 Å². The third-order valence-electron chi connectivity index (χ3n) is 1.50. The molecule has 1 heterocycles. The second kappa shape index (κ2) is 4.43. The van der Waals surface area contributed by atoms with E-state index in [1.807, 2.05) is 0 Å². The van der Waals surface area contributed by atoms with E-state index in [4.69, 9.17) is 16.7 Å². The number of carbonyl (C=O) groups is 2. The number of aliphatic carboxylic acids is 1. The van der Waals surface area contributed by atoms with Gasteiger partial charge in [-0.25, -0.2) is 0 Å². The van der Waals surface area contributed by atoms with E-state index in [9.17, 15) is 9.59 Å². The first kappa shape index (κ1) is 11.0. The second-order valence-corrected chi connectivity index (χ2v) is 4.03. The molecule has 0 aliphatic rings. The topological polar surface area (TPSA) is 57.6 Å². The number of halogens is 1. The molecule has 6 heteroatoms. The zero-order valence-corrected chi connectivity index (χ0v) is 8.93. The number of likely N-dealkylation sites (N-methyl/N-ethyl adjacent to an activating group) is 1. The number of hydrogen-bond donors (Lipinski definition) is 1. The molecule has 0 saturated heterocycles. The van der Waals surface area contributed by atoms with Crippen LogP contribution in [0.25, 0.3) is 0 Å². The lowest BCUT2D eigenvalue weighted by molar-refractivity contribution is -0.137. The Morgan fingerprint density at radius 3 is 2.71 bits per heavy atom. The van der Waals surface area contributed by atoms with Crippen molar-refractivity contribution in [1.82, 2.24) is 4.90 Å². The van der Waals surface area contributed by atoms with Crippen molar-refractivity contribution in [3.05, 3.63) is 21.3 Å². The Morgan fingerprint density at radius 1 is 1.64 bits per heavy atom. The van der Waals surface area contributed by atoms with Crippen LogP contribution >= 0.6 is 22.9 Å². The van der Waals surface area contributed by atoms with Crippen molar-refractivity contribution >= 4 is 34.8 Å². The summed E-state index contributed by atoms with van der Waals surface area (Å²) in [7, 11) is 1.43. The van der Waals surface area contributed by atoms with E-state index >= 15 is 0 Å². The molecule has 1 aromatic heterocycles. The van der Waals surface area contributed by atoms with Gasteiger partial charge in [0.1, 0.15) is 6.54 Å². The molecule has 1 rings (SSSR count). The monoisotopic (exact) mass is 233 g/mol. The van der Waals surface area contributed by atoms with Crippen molar-refractivity contribution in [2.45, 2.75) is 0 Å². The van der Waals surface area contributed by atoms with E-state index in [1.54, 1.807) is 5.38 Å². The highest BCUT2D eigenvalue weighted by Gasteiger charge is 2.15. The number of carbonyl (C=O) groups excluding carboxylic acids is 1. The first-order chi connectivity index (χ1) is 6.50. The normalized spacial score (nSPS) is 9.86. The maximum absolute atomic E-state index is 11.5. The predicted molar refractivity (Wildman–Crippen MR) is 53.9 cm³/mol.